The van der Waals surface area contributed by atoms with Crippen molar-refractivity contribution in [2.24, 2.45) is 5.92 Å². The lowest BCUT2D eigenvalue weighted by molar-refractivity contribution is 0.286. The SMILES string of the molecule is CCN1CC=C(c2cccc(C)c2)C(C)C1. The number of nitrogens with zero attached hydrogens (tertiary/aromatic N) is 1. The van der Waals surface area contributed by atoms with Crippen molar-refractivity contribution in [1.82, 2.24) is 4.90 Å². The molecule has 1 heteroatoms. The molecule has 0 bridgehead atoms. The zero-order valence-corrected chi connectivity index (χ0v) is 10.5. The van der Waals surface area contributed by atoms with E-state index in [1.807, 2.05) is 0 Å². The van der Waals surface area contributed by atoms with Gasteiger partial charge in [-0.2, -0.15) is 0 Å². The third kappa shape index (κ3) is 2.35. The van der Waals surface area contributed by atoms with Crippen LogP contribution in [0.5, 0.6) is 0 Å². The largest absolute Gasteiger partial charge is 0.299 e. The van der Waals surface area contributed by atoms with Gasteiger partial charge in [-0.3, -0.25) is 4.90 Å². The van der Waals surface area contributed by atoms with E-state index in [0.717, 1.165) is 13.1 Å². The molecule has 1 aromatic rings. The van der Waals surface area contributed by atoms with E-state index < -0.39 is 0 Å². The van der Waals surface area contributed by atoms with E-state index in [4.69, 9.17) is 0 Å². The molecule has 0 N–H and O–H groups in total. The van der Waals surface area contributed by atoms with Gasteiger partial charge in [-0.15, -0.1) is 0 Å². The van der Waals surface area contributed by atoms with E-state index in [0.29, 0.717) is 5.92 Å². The molecule has 0 saturated carbocycles. The summed E-state index contributed by atoms with van der Waals surface area (Å²) in [7, 11) is 0. The van der Waals surface area contributed by atoms with Gasteiger partial charge in [0.2, 0.25) is 0 Å². The Morgan fingerprint density at radius 3 is 2.81 bits per heavy atom. The Bertz CT molecular complexity index is 392. The minimum atomic E-state index is 0.649. The summed E-state index contributed by atoms with van der Waals surface area (Å²) in [6.07, 6.45) is 2.40. The predicted molar refractivity (Wildman–Crippen MR) is 70.4 cm³/mol. The maximum Gasteiger partial charge on any atom is 0.0169 e. The van der Waals surface area contributed by atoms with Crippen LogP contribution in [0.25, 0.3) is 5.57 Å². The van der Waals surface area contributed by atoms with Crippen LogP contribution in [0.3, 0.4) is 0 Å². The van der Waals surface area contributed by atoms with Crippen LogP contribution in [0.4, 0.5) is 0 Å². The van der Waals surface area contributed by atoms with Crippen LogP contribution < -0.4 is 0 Å². The van der Waals surface area contributed by atoms with Crippen LogP contribution in [0.1, 0.15) is 25.0 Å². The van der Waals surface area contributed by atoms with E-state index in [1.54, 1.807) is 0 Å². The topological polar surface area (TPSA) is 3.24 Å². The van der Waals surface area contributed by atoms with E-state index in [-0.39, 0.29) is 0 Å². The summed E-state index contributed by atoms with van der Waals surface area (Å²) < 4.78 is 0. The molecule has 86 valence electrons. The lowest BCUT2D eigenvalue weighted by atomic mass is 9.90. The Morgan fingerprint density at radius 1 is 1.38 bits per heavy atom. The molecule has 1 atom stereocenters. The van der Waals surface area contributed by atoms with Crippen LogP contribution in [0.15, 0.2) is 30.3 Å². The highest BCUT2D eigenvalue weighted by molar-refractivity contribution is 5.68. The fraction of sp³-hybridized carbons (Fsp3) is 0.467. The second kappa shape index (κ2) is 4.84. The molecule has 1 unspecified atom stereocenters. The van der Waals surface area contributed by atoms with E-state index >= 15 is 0 Å². The number of hydrogen-bond donors (Lipinski definition) is 0. The summed E-state index contributed by atoms with van der Waals surface area (Å²) in [6.45, 7) is 10.2. The van der Waals surface area contributed by atoms with Gasteiger partial charge in [-0.05, 0) is 30.5 Å². The summed E-state index contributed by atoms with van der Waals surface area (Å²) in [5, 5.41) is 0. The number of likely N-dealkylation sites (N-methyl/N-ethyl adjacent to an activating group) is 1. The second-order valence-electron chi connectivity index (χ2n) is 4.78. The minimum absolute atomic E-state index is 0.649. The van der Waals surface area contributed by atoms with Gasteiger partial charge in [0, 0.05) is 13.1 Å². The van der Waals surface area contributed by atoms with Crippen molar-refractivity contribution in [2.75, 3.05) is 19.6 Å². The van der Waals surface area contributed by atoms with Crippen molar-refractivity contribution >= 4 is 5.57 Å². The molecule has 1 nitrogen and oxygen atoms in total. The molecule has 1 aliphatic rings. The van der Waals surface area contributed by atoms with Crippen molar-refractivity contribution in [3.63, 3.8) is 0 Å². The van der Waals surface area contributed by atoms with Gasteiger partial charge in [0.25, 0.3) is 0 Å². The highest BCUT2D eigenvalue weighted by atomic mass is 15.1. The molecule has 1 aromatic carbocycles. The van der Waals surface area contributed by atoms with Crippen molar-refractivity contribution < 1.29 is 0 Å². The van der Waals surface area contributed by atoms with Gasteiger partial charge in [0.1, 0.15) is 0 Å². The first kappa shape index (κ1) is 11.4. The fourth-order valence-corrected chi connectivity index (χ4v) is 2.47. The van der Waals surface area contributed by atoms with Crippen molar-refractivity contribution in [3.8, 4) is 0 Å². The molecular weight excluding hydrogens is 194 g/mol. The molecule has 0 fully saturated rings. The second-order valence-corrected chi connectivity index (χ2v) is 4.78. The van der Waals surface area contributed by atoms with Crippen LogP contribution in [-0.2, 0) is 0 Å². The zero-order chi connectivity index (χ0) is 11.5. The molecule has 16 heavy (non-hydrogen) atoms. The quantitative estimate of drug-likeness (QED) is 0.731. The minimum Gasteiger partial charge on any atom is -0.299 e. The van der Waals surface area contributed by atoms with Gasteiger partial charge in [0.05, 0.1) is 0 Å². The number of rotatable bonds is 2. The first-order valence-electron chi connectivity index (χ1n) is 6.20. The number of benzene rings is 1. The Labute approximate surface area is 98.8 Å². The highest BCUT2D eigenvalue weighted by Crippen LogP contribution is 2.27. The predicted octanol–water partition coefficient (Wildman–Crippen LogP) is 3.35. The summed E-state index contributed by atoms with van der Waals surface area (Å²) in [5.41, 5.74) is 4.28. The molecule has 0 spiro atoms. The third-order valence-corrected chi connectivity index (χ3v) is 3.43. The number of aryl methyl sites for hydroxylation is 1. The van der Waals surface area contributed by atoms with Crippen LogP contribution in [0.2, 0.25) is 0 Å². The van der Waals surface area contributed by atoms with Gasteiger partial charge < -0.3 is 0 Å². The van der Waals surface area contributed by atoms with Crippen molar-refractivity contribution in [3.05, 3.63) is 41.5 Å². The molecular formula is C15H21N. The summed E-state index contributed by atoms with van der Waals surface area (Å²) in [6, 6.07) is 8.85. The smallest absolute Gasteiger partial charge is 0.0169 e. The van der Waals surface area contributed by atoms with Crippen LogP contribution >= 0.6 is 0 Å². The van der Waals surface area contributed by atoms with E-state index in [1.165, 1.54) is 23.2 Å². The Balaban J connectivity index is 2.25. The zero-order valence-electron chi connectivity index (χ0n) is 10.5. The first-order chi connectivity index (χ1) is 7.70. The molecule has 0 saturated heterocycles. The fourth-order valence-electron chi connectivity index (χ4n) is 2.47. The van der Waals surface area contributed by atoms with Gasteiger partial charge in [-0.25, -0.2) is 0 Å². The number of hydrogen-bond acceptors (Lipinski definition) is 1. The maximum atomic E-state index is 2.49. The Hall–Kier alpha value is -1.08. The summed E-state index contributed by atoms with van der Waals surface area (Å²) in [4.78, 5) is 2.49. The Morgan fingerprint density at radius 2 is 2.19 bits per heavy atom. The lowest BCUT2D eigenvalue weighted by Gasteiger charge is -2.30. The van der Waals surface area contributed by atoms with E-state index in [9.17, 15) is 0 Å². The summed E-state index contributed by atoms with van der Waals surface area (Å²) >= 11 is 0. The molecule has 0 amide bonds. The Kier molecular flexibility index (Phi) is 3.45. The molecule has 1 heterocycles. The standard InChI is InChI=1S/C15H21N/c1-4-16-9-8-15(13(3)11-16)14-7-5-6-12(2)10-14/h5-8,10,13H,4,9,11H2,1-3H3. The van der Waals surface area contributed by atoms with E-state index in [2.05, 4.69) is 56.0 Å². The molecule has 0 aliphatic carbocycles. The monoisotopic (exact) mass is 215 g/mol. The van der Waals surface area contributed by atoms with Crippen LogP contribution in [-0.4, -0.2) is 24.5 Å². The average molecular weight is 215 g/mol. The van der Waals surface area contributed by atoms with Crippen molar-refractivity contribution in [2.45, 2.75) is 20.8 Å². The first-order valence-corrected chi connectivity index (χ1v) is 6.20. The summed E-state index contributed by atoms with van der Waals surface area (Å²) in [5.74, 6) is 0.649. The maximum absolute atomic E-state index is 2.49. The normalized spacial score (nSPS) is 21.9. The molecule has 0 radical (unpaired) electrons. The lowest BCUT2D eigenvalue weighted by Crippen LogP contribution is -2.32. The molecule has 2 rings (SSSR count). The van der Waals surface area contributed by atoms with Crippen LogP contribution in [0, 0.1) is 12.8 Å². The van der Waals surface area contributed by atoms with Crippen molar-refractivity contribution in [1.29, 1.82) is 0 Å². The van der Waals surface area contributed by atoms with Gasteiger partial charge >= 0.3 is 0 Å². The molecule has 0 aromatic heterocycles. The van der Waals surface area contributed by atoms with Gasteiger partial charge in [0.15, 0.2) is 0 Å². The average Bonchev–Trinajstić information content (AvgIpc) is 2.28. The highest BCUT2D eigenvalue weighted by Gasteiger charge is 2.18. The third-order valence-electron chi connectivity index (χ3n) is 3.43. The molecule has 1 aliphatic heterocycles. The van der Waals surface area contributed by atoms with Gasteiger partial charge in [-0.1, -0.05) is 49.8 Å².